The zero-order valence-electron chi connectivity index (χ0n) is 12.2. The topological polar surface area (TPSA) is 47.0 Å². The molecule has 1 aromatic rings. The summed E-state index contributed by atoms with van der Waals surface area (Å²) in [4.78, 5) is 9.43. The molecule has 0 saturated heterocycles. The summed E-state index contributed by atoms with van der Waals surface area (Å²) in [5.41, 5.74) is 2.46. The summed E-state index contributed by atoms with van der Waals surface area (Å²) in [6.45, 7) is 7.39. The van der Waals surface area contributed by atoms with Crippen molar-refractivity contribution in [2.75, 3.05) is 19.0 Å². The van der Waals surface area contributed by atoms with E-state index in [0.29, 0.717) is 5.92 Å². The van der Waals surface area contributed by atoms with Crippen LogP contribution in [0.15, 0.2) is 0 Å². The maximum absolute atomic E-state index is 5.56. The van der Waals surface area contributed by atoms with E-state index in [9.17, 15) is 0 Å². The Kier molecular flexibility index (Phi) is 5.05. The van der Waals surface area contributed by atoms with Crippen molar-refractivity contribution in [2.24, 2.45) is 5.92 Å². The van der Waals surface area contributed by atoms with Crippen LogP contribution in [0.4, 0.5) is 5.82 Å². The minimum absolute atomic E-state index is 0.0296. The maximum atomic E-state index is 5.56. The Labute approximate surface area is 119 Å². The van der Waals surface area contributed by atoms with E-state index in [1.54, 1.807) is 7.11 Å². The fourth-order valence-corrected chi connectivity index (χ4v) is 3.30. The smallest absolute Gasteiger partial charge is 0.160 e. The first-order valence-electron chi connectivity index (χ1n) is 6.91. The molecule has 0 radical (unpaired) electrons. The highest BCUT2D eigenvalue weighted by Gasteiger charge is 2.24. The Morgan fingerprint density at radius 2 is 2.11 bits per heavy atom. The second-order valence-electron chi connectivity index (χ2n) is 5.18. The van der Waals surface area contributed by atoms with Gasteiger partial charge < -0.3 is 10.1 Å². The number of thioether (sulfide) groups is 1. The SMILES string of the molecule is CCCNc1nc(C(OC)C(C)C)nc2c1CSC2. The minimum atomic E-state index is -0.0296. The van der Waals surface area contributed by atoms with Crippen LogP contribution in [0.3, 0.4) is 0 Å². The van der Waals surface area contributed by atoms with Gasteiger partial charge in [0.1, 0.15) is 11.9 Å². The van der Waals surface area contributed by atoms with Crippen LogP contribution in [-0.4, -0.2) is 23.6 Å². The molecule has 0 spiro atoms. The molecule has 0 bridgehead atoms. The van der Waals surface area contributed by atoms with Gasteiger partial charge in [0, 0.05) is 30.7 Å². The average molecular weight is 281 g/mol. The summed E-state index contributed by atoms with van der Waals surface area (Å²) in [6.07, 6.45) is 1.07. The van der Waals surface area contributed by atoms with Gasteiger partial charge >= 0.3 is 0 Å². The molecule has 1 unspecified atom stereocenters. The molecule has 19 heavy (non-hydrogen) atoms. The van der Waals surface area contributed by atoms with Crippen LogP contribution >= 0.6 is 11.8 Å². The first-order valence-corrected chi connectivity index (χ1v) is 8.06. The first kappa shape index (κ1) is 14.6. The quantitative estimate of drug-likeness (QED) is 0.866. The number of rotatable bonds is 6. The second kappa shape index (κ2) is 6.57. The van der Waals surface area contributed by atoms with E-state index in [2.05, 4.69) is 26.1 Å². The van der Waals surface area contributed by atoms with Crippen molar-refractivity contribution in [3.63, 3.8) is 0 Å². The van der Waals surface area contributed by atoms with E-state index in [1.807, 2.05) is 11.8 Å². The summed E-state index contributed by atoms with van der Waals surface area (Å²) < 4.78 is 5.56. The number of methoxy groups -OCH3 is 1. The summed E-state index contributed by atoms with van der Waals surface area (Å²) in [7, 11) is 1.73. The van der Waals surface area contributed by atoms with Gasteiger partial charge in [-0.15, -0.1) is 0 Å². The van der Waals surface area contributed by atoms with Crippen LogP contribution in [-0.2, 0) is 16.2 Å². The lowest BCUT2D eigenvalue weighted by Gasteiger charge is -2.20. The van der Waals surface area contributed by atoms with E-state index >= 15 is 0 Å². The van der Waals surface area contributed by atoms with Crippen molar-refractivity contribution in [1.82, 2.24) is 9.97 Å². The van der Waals surface area contributed by atoms with Gasteiger partial charge in [0.15, 0.2) is 5.82 Å². The van der Waals surface area contributed by atoms with E-state index in [1.165, 1.54) is 11.3 Å². The summed E-state index contributed by atoms with van der Waals surface area (Å²) in [6, 6.07) is 0. The molecule has 0 aliphatic carbocycles. The predicted molar refractivity (Wildman–Crippen MR) is 80.4 cm³/mol. The van der Waals surface area contributed by atoms with Crippen LogP contribution in [0.2, 0.25) is 0 Å². The Hall–Kier alpha value is -0.810. The standard InChI is InChI=1S/C14H23N3OS/c1-5-6-15-13-10-7-19-8-11(10)16-14(17-13)12(18-4)9(2)3/h9,12H,5-8H2,1-4H3,(H,15,16,17). The molecule has 0 amide bonds. The zero-order valence-corrected chi connectivity index (χ0v) is 13.0. The third-order valence-corrected chi connectivity index (χ3v) is 4.22. The van der Waals surface area contributed by atoms with E-state index in [4.69, 9.17) is 14.7 Å². The molecule has 1 aliphatic rings. The largest absolute Gasteiger partial charge is 0.373 e. The number of aromatic nitrogens is 2. The molecular formula is C14H23N3OS. The van der Waals surface area contributed by atoms with Crippen molar-refractivity contribution < 1.29 is 4.74 Å². The molecule has 0 fully saturated rings. The maximum Gasteiger partial charge on any atom is 0.160 e. The molecular weight excluding hydrogens is 258 g/mol. The summed E-state index contributed by atoms with van der Waals surface area (Å²) in [5.74, 6) is 4.20. The summed E-state index contributed by atoms with van der Waals surface area (Å²) in [5, 5.41) is 3.43. The van der Waals surface area contributed by atoms with Crippen molar-refractivity contribution in [3.8, 4) is 0 Å². The number of hydrogen-bond acceptors (Lipinski definition) is 5. The van der Waals surface area contributed by atoms with Gasteiger partial charge in [-0.3, -0.25) is 0 Å². The molecule has 0 saturated carbocycles. The molecule has 1 aromatic heterocycles. The minimum Gasteiger partial charge on any atom is -0.373 e. The molecule has 4 nitrogen and oxygen atoms in total. The van der Waals surface area contributed by atoms with Crippen LogP contribution in [0.1, 0.15) is 50.4 Å². The average Bonchev–Trinajstić information content (AvgIpc) is 2.84. The highest BCUT2D eigenvalue weighted by molar-refractivity contribution is 7.98. The van der Waals surface area contributed by atoms with Crippen molar-refractivity contribution >= 4 is 17.6 Å². The predicted octanol–water partition coefficient (Wildman–Crippen LogP) is 3.39. The lowest BCUT2D eigenvalue weighted by molar-refractivity contribution is 0.0574. The summed E-state index contributed by atoms with van der Waals surface area (Å²) >= 11 is 1.90. The molecule has 1 aliphatic heterocycles. The number of ether oxygens (including phenoxy) is 1. The van der Waals surface area contributed by atoms with Crippen LogP contribution in [0.5, 0.6) is 0 Å². The number of hydrogen-bond donors (Lipinski definition) is 1. The molecule has 1 N–H and O–H groups in total. The van der Waals surface area contributed by atoms with Crippen LogP contribution in [0.25, 0.3) is 0 Å². The highest BCUT2D eigenvalue weighted by atomic mass is 32.2. The monoisotopic (exact) mass is 281 g/mol. The molecule has 1 atom stereocenters. The Morgan fingerprint density at radius 1 is 1.32 bits per heavy atom. The number of nitrogens with zero attached hydrogens (tertiary/aromatic N) is 2. The van der Waals surface area contributed by atoms with Gasteiger partial charge in [-0.2, -0.15) is 11.8 Å². The Bertz CT molecular complexity index is 437. The van der Waals surface area contributed by atoms with E-state index in [0.717, 1.165) is 36.1 Å². The number of fused-ring (bicyclic) bond motifs is 1. The van der Waals surface area contributed by atoms with Gasteiger partial charge in [-0.1, -0.05) is 20.8 Å². The van der Waals surface area contributed by atoms with Gasteiger partial charge in [0.05, 0.1) is 5.69 Å². The molecule has 2 heterocycles. The second-order valence-corrected chi connectivity index (χ2v) is 6.16. The third-order valence-electron chi connectivity index (χ3n) is 3.25. The number of anilines is 1. The lowest BCUT2D eigenvalue weighted by Crippen LogP contribution is -2.16. The first-order chi connectivity index (χ1) is 9.17. The number of nitrogens with one attached hydrogen (secondary N) is 1. The van der Waals surface area contributed by atoms with Crippen molar-refractivity contribution in [2.45, 2.75) is 44.8 Å². The van der Waals surface area contributed by atoms with Gasteiger partial charge in [-0.25, -0.2) is 9.97 Å². The van der Waals surface area contributed by atoms with E-state index < -0.39 is 0 Å². The molecule has 2 rings (SSSR count). The Morgan fingerprint density at radius 3 is 2.74 bits per heavy atom. The normalized spacial score (nSPS) is 15.6. The van der Waals surface area contributed by atoms with Crippen molar-refractivity contribution in [1.29, 1.82) is 0 Å². The van der Waals surface area contributed by atoms with Gasteiger partial charge in [0.25, 0.3) is 0 Å². The fraction of sp³-hybridized carbons (Fsp3) is 0.714. The van der Waals surface area contributed by atoms with Crippen molar-refractivity contribution in [3.05, 3.63) is 17.1 Å². The van der Waals surface area contributed by atoms with Crippen LogP contribution < -0.4 is 5.32 Å². The fourth-order valence-electron chi connectivity index (χ4n) is 2.26. The van der Waals surface area contributed by atoms with Crippen LogP contribution in [0, 0.1) is 5.92 Å². The van der Waals surface area contributed by atoms with E-state index in [-0.39, 0.29) is 6.10 Å². The molecule has 0 aromatic carbocycles. The third kappa shape index (κ3) is 3.20. The Balaban J connectivity index is 2.35. The lowest BCUT2D eigenvalue weighted by atomic mass is 10.1. The molecule has 106 valence electrons. The highest BCUT2D eigenvalue weighted by Crippen LogP contribution is 2.34. The zero-order chi connectivity index (χ0) is 13.8. The van der Waals surface area contributed by atoms with Gasteiger partial charge in [-0.05, 0) is 12.3 Å². The van der Waals surface area contributed by atoms with Gasteiger partial charge in [0.2, 0.25) is 0 Å². The molecule has 5 heteroatoms.